The number of para-hydroxylation sites is 1. The highest BCUT2D eigenvalue weighted by Crippen LogP contribution is 2.36. The largest absolute Gasteiger partial charge is 0.396 e. The Morgan fingerprint density at radius 1 is 1.06 bits per heavy atom. The van der Waals surface area contributed by atoms with E-state index in [4.69, 9.17) is 19.7 Å². The summed E-state index contributed by atoms with van der Waals surface area (Å²) in [6.07, 6.45) is 2.88. The summed E-state index contributed by atoms with van der Waals surface area (Å²) in [5, 5.41) is 17.3. The van der Waals surface area contributed by atoms with Gasteiger partial charge in [-0.3, -0.25) is 0 Å². The molecule has 0 aliphatic rings. The minimum Gasteiger partial charge on any atom is -0.396 e. The van der Waals surface area contributed by atoms with Crippen molar-refractivity contribution in [1.29, 1.82) is 0 Å². The predicted molar refractivity (Wildman–Crippen MR) is 134 cm³/mol. The van der Waals surface area contributed by atoms with E-state index < -0.39 is 0 Å². The molecule has 2 atom stereocenters. The number of thiazole rings is 1. The van der Waals surface area contributed by atoms with Crippen molar-refractivity contribution in [3.05, 3.63) is 30.0 Å². The third-order valence-electron chi connectivity index (χ3n) is 5.62. The number of benzene rings is 1. The molecule has 3 rings (SSSR count). The fourth-order valence-corrected chi connectivity index (χ4v) is 4.66. The summed E-state index contributed by atoms with van der Waals surface area (Å²) in [4.78, 5) is 14.4. The molecule has 8 heteroatoms. The Kier molecular flexibility index (Phi) is 9.20. The van der Waals surface area contributed by atoms with Crippen molar-refractivity contribution in [2.75, 3.05) is 36.9 Å². The summed E-state index contributed by atoms with van der Waals surface area (Å²) >= 11 is 1.65. The van der Waals surface area contributed by atoms with Crippen molar-refractivity contribution in [3.8, 4) is 10.6 Å². The maximum absolute atomic E-state index is 9.53. The number of nitrogens with one attached hydrogen (secondary N) is 2. The average molecular weight is 458 g/mol. The fourth-order valence-electron chi connectivity index (χ4n) is 3.60. The standard InChI is InChI=1S/C24H35N5O2S/c1-5-17(15-30)12-13-25-22-21(23-28-19-10-8-9-11-20(19)32-23)16(4)27-24(29-22)26-14-18(6-2)31-7-3/h8-11,17-18,30H,5-7,12-15H2,1-4H3,(H2,25,26,27,29). The van der Waals surface area contributed by atoms with Gasteiger partial charge in [0.1, 0.15) is 10.8 Å². The maximum Gasteiger partial charge on any atom is 0.224 e. The normalized spacial score (nSPS) is 13.3. The molecule has 2 heterocycles. The van der Waals surface area contributed by atoms with Crippen LogP contribution in [-0.2, 0) is 4.74 Å². The van der Waals surface area contributed by atoms with E-state index in [2.05, 4.69) is 30.5 Å². The number of fused-ring (bicyclic) bond motifs is 1. The first-order chi connectivity index (χ1) is 15.6. The molecule has 32 heavy (non-hydrogen) atoms. The number of rotatable bonds is 13. The first-order valence-corrected chi connectivity index (χ1v) is 12.4. The fraction of sp³-hybridized carbons (Fsp3) is 0.542. The molecule has 0 aliphatic carbocycles. The molecule has 3 aromatic rings. The van der Waals surface area contributed by atoms with Gasteiger partial charge in [0.15, 0.2) is 0 Å². The second-order valence-electron chi connectivity index (χ2n) is 7.88. The number of ether oxygens (including phenoxy) is 1. The van der Waals surface area contributed by atoms with Gasteiger partial charge in [0.2, 0.25) is 5.95 Å². The lowest BCUT2D eigenvalue weighted by Gasteiger charge is -2.18. The lowest BCUT2D eigenvalue weighted by Crippen LogP contribution is -2.24. The molecule has 7 nitrogen and oxygen atoms in total. The van der Waals surface area contributed by atoms with Crippen LogP contribution < -0.4 is 10.6 Å². The van der Waals surface area contributed by atoms with Crippen LogP contribution >= 0.6 is 11.3 Å². The summed E-state index contributed by atoms with van der Waals surface area (Å²) in [7, 11) is 0. The molecule has 2 unspecified atom stereocenters. The molecule has 0 spiro atoms. The molecule has 0 radical (unpaired) electrons. The van der Waals surface area contributed by atoms with Crippen molar-refractivity contribution >= 4 is 33.3 Å². The smallest absolute Gasteiger partial charge is 0.224 e. The highest BCUT2D eigenvalue weighted by Gasteiger charge is 2.18. The van der Waals surface area contributed by atoms with E-state index in [0.717, 1.165) is 58.1 Å². The number of aliphatic hydroxyl groups is 1. The summed E-state index contributed by atoms with van der Waals surface area (Å²) < 4.78 is 6.89. The Hall–Kier alpha value is -2.29. The monoisotopic (exact) mass is 457 g/mol. The molecule has 0 saturated carbocycles. The quantitative estimate of drug-likeness (QED) is 0.328. The molecular formula is C24H35N5O2S. The number of aromatic nitrogens is 3. The number of hydrogen-bond donors (Lipinski definition) is 3. The van der Waals surface area contributed by atoms with Crippen LogP contribution in [0.1, 0.15) is 45.7 Å². The molecule has 0 fully saturated rings. The summed E-state index contributed by atoms with van der Waals surface area (Å²) in [5.74, 6) is 1.64. The van der Waals surface area contributed by atoms with Gasteiger partial charge in [0.25, 0.3) is 0 Å². The van der Waals surface area contributed by atoms with Crippen molar-refractivity contribution in [2.24, 2.45) is 5.92 Å². The third-order valence-corrected chi connectivity index (χ3v) is 6.68. The highest BCUT2D eigenvalue weighted by molar-refractivity contribution is 7.21. The third kappa shape index (κ3) is 6.15. The van der Waals surface area contributed by atoms with Crippen molar-refractivity contribution in [2.45, 2.75) is 53.1 Å². The lowest BCUT2D eigenvalue weighted by atomic mass is 10.0. The zero-order valence-corrected chi connectivity index (χ0v) is 20.3. The van der Waals surface area contributed by atoms with Crippen LogP contribution in [0.4, 0.5) is 11.8 Å². The predicted octanol–water partition coefficient (Wildman–Crippen LogP) is 5.11. The molecule has 174 valence electrons. The number of aryl methyl sites for hydroxylation is 1. The molecule has 0 amide bonds. The van der Waals surface area contributed by atoms with Crippen LogP contribution in [0.3, 0.4) is 0 Å². The summed E-state index contributed by atoms with van der Waals surface area (Å²) in [6.45, 7) is 10.5. The van der Waals surface area contributed by atoms with Crippen molar-refractivity contribution in [1.82, 2.24) is 15.0 Å². The van der Waals surface area contributed by atoms with Crippen LogP contribution in [-0.4, -0.2) is 52.5 Å². The molecule has 0 bridgehead atoms. The van der Waals surface area contributed by atoms with Crippen LogP contribution in [0.2, 0.25) is 0 Å². The van der Waals surface area contributed by atoms with E-state index >= 15 is 0 Å². The molecular weight excluding hydrogens is 422 g/mol. The molecule has 2 aromatic heterocycles. The Morgan fingerprint density at radius 3 is 2.56 bits per heavy atom. The van der Waals surface area contributed by atoms with Crippen LogP contribution in [0.25, 0.3) is 20.8 Å². The Balaban J connectivity index is 1.89. The first kappa shape index (κ1) is 24.4. The van der Waals surface area contributed by atoms with Gasteiger partial charge in [-0.2, -0.15) is 4.98 Å². The van der Waals surface area contributed by atoms with Crippen LogP contribution in [0.5, 0.6) is 0 Å². The van der Waals surface area contributed by atoms with Gasteiger partial charge in [0.05, 0.1) is 27.6 Å². The van der Waals surface area contributed by atoms with Gasteiger partial charge < -0.3 is 20.5 Å². The summed E-state index contributed by atoms with van der Waals surface area (Å²) in [6, 6.07) is 8.15. The first-order valence-electron chi connectivity index (χ1n) is 11.5. The molecule has 1 aromatic carbocycles. The minimum absolute atomic E-state index is 0.124. The Bertz CT molecular complexity index is 957. The van der Waals surface area contributed by atoms with E-state index in [1.807, 2.05) is 32.0 Å². The molecule has 0 saturated heterocycles. The Morgan fingerprint density at radius 2 is 1.88 bits per heavy atom. The number of hydrogen-bond acceptors (Lipinski definition) is 8. The van der Waals surface area contributed by atoms with Gasteiger partial charge >= 0.3 is 0 Å². The van der Waals surface area contributed by atoms with Gasteiger partial charge in [-0.05, 0) is 44.7 Å². The average Bonchev–Trinajstić information content (AvgIpc) is 3.22. The van der Waals surface area contributed by atoms with E-state index in [0.29, 0.717) is 19.1 Å². The number of nitrogens with zero attached hydrogens (tertiary/aromatic N) is 3. The van der Waals surface area contributed by atoms with Gasteiger partial charge in [0, 0.05) is 26.3 Å². The number of aliphatic hydroxyl groups excluding tert-OH is 1. The van der Waals surface area contributed by atoms with Gasteiger partial charge in [-0.25, -0.2) is 9.97 Å². The lowest BCUT2D eigenvalue weighted by molar-refractivity contribution is 0.0694. The summed E-state index contributed by atoms with van der Waals surface area (Å²) in [5.41, 5.74) is 2.79. The zero-order chi connectivity index (χ0) is 22.9. The van der Waals surface area contributed by atoms with Crippen molar-refractivity contribution in [3.63, 3.8) is 0 Å². The van der Waals surface area contributed by atoms with Gasteiger partial charge in [-0.1, -0.05) is 32.4 Å². The SMILES string of the molecule is CCOC(CC)CNc1nc(C)c(-c2nc3ccccc3s2)c(NCCC(CC)CO)n1. The van der Waals surface area contributed by atoms with Crippen LogP contribution in [0, 0.1) is 12.8 Å². The zero-order valence-electron chi connectivity index (χ0n) is 19.5. The van der Waals surface area contributed by atoms with E-state index in [1.165, 1.54) is 0 Å². The second-order valence-corrected chi connectivity index (χ2v) is 8.91. The Labute approximate surface area is 194 Å². The molecule has 0 aliphatic heterocycles. The van der Waals surface area contributed by atoms with E-state index in [-0.39, 0.29) is 18.6 Å². The van der Waals surface area contributed by atoms with Crippen molar-refractivity contribution < 1.29 is 9.84 Å². The van der Waals surface area contributed by atoms with Crippen LogP contribution in [0.15, 0.2) is 24.3 Å². The van der Waals surface area contributed by atoms with Gasteiger partial charge in [-0.15, -0.1) is 11.3 Å². The van der Waals surface area contributed by atoms with E-state index in [9.17, 15) is 5.11 Å². The topological polar surface area (TPSA) is 92.2 Å². The second kappa shape index (κ2) is 12.1. The minimum atomic E-state index is 0.124. The van der Waals surface area contributed by atoms with E-state index in [1.54, 1.807) is 11.3 Å². The highest BCUT2D eigenvalue weighted by atomic mass is 32.1. The molecule has 3 N–H and O–H groups in total. The maximum atomic E-state index is 9.53. The number of anilines is 2.